The predicted octanol–water partition coefficient (Wildman–Crippen LogP) is 4.89. The Hall–Kier alpha value is -2.62. The predicted molar refractivity (Wildman–Crippen MR) is 110 cm³/mol. The second kappa shape index (κ2) is 8.38. The first-order valence-corrected chi connectivity index (χ1v) is 9.78. The van der Waals surface area contributed by atoms with Crippen molar-refractivity contribution in [1.29, 1.82) is 0 Å². The van der Waals surface area contributed by atoms with E-state index in [2.05, 4.69) is 19.2 Å². The van der Waals surface area contributed by atoms with Crippen LogP contribution in [0.3, 0.4) is 0 Å². The van der Waals surface area contributed by atoms with Crippen LogP contribution in [-0.4, -0.2) is 18.4 Å². The molecule has 0 unspecified atom stereocenters. The lowest BCUT2D eigenvalue weighted by Crippen LogP contribution is -2.27. The number of hydrogen-bond acceptors (Lipinski definition) is 2. The summed E-state index contributed by atoms with van der Waals surface area (Å²) in [7, 11) is 0. The van der Waals surface area contributed by atoms with Crippen molar-refractivity contribution in [2.45, 2.75) is 46.0 Å². The number of nitrogens with zero attached hydrogens (tertiary/aromatic N) is 1. The summed E-state index contributed by atoms with van der Waals surface area (Å²) in [5, 5.41) is 3.08. The second-order valence-corrected chi connectivity index (χ2v) is 7.41. The standard InChI is InChI=1S/C23H28N2O2/c1-4-16(2)22(18-9-6-5-7-10-18)23(27)24-19-12-13-20(17(3)15-19)25-14-8-11-21(25)26/h5-7,9-10,12-13,15-16,22H,4,8,11,14H2,1-3H3,(H,24,27)/t16-,22+/m0/s1. The first-order chi connectivity index (χ1) is 13.0. The zero-order valence-corrected chi connectivity index (χ0v) is 16.4. The van der Waals surface area contributed by atoms with E-state index in [0.717, 1.165) is 41.9 Å². The molecule has 4 heteroatoms. The molecule has 0 aromatic heterocycles. The van der Waals surface area contributed by atoms with Gasteiger partial charge in [0.05, 0.1) is 5.92 Å². The highest BCUT2D eigenvalue weighted by Crippen LogP contribution is 2.30. The van der Waals surface area contributed by atoms with Crippen molar-refractivity contribution in [2.75, 3.05) is 16.8 Å². The molecule has 142 valence electrons. The molecule has 4 nitrogen and oxygen atoms in total. The van der Waals surface area contributed by atoms with E-state index in [4.69, 9.17) is 0 Å². The minimum Gasteiger partial charge on any atom is -0.326 e. The Morgan fingerprint density at radius 2 is 1.93 bits per heavy atom. The van der Waals surface area contributed by atoms with Crippen LogP contribution in [0.1, 0.15) is 50.2 Å². The van der Waals surface area contributed by atoms with Crippen LogP contribution in [0.2, 0.25) is 0 Å². The maximum atomic E-state index is 13.0. The molecule has 27 heavy (non-hydrogen) atoms. The second-order valence-electron chi connectivity index (χ2n) is 7.41. The molecule has 2 amide bonds. The summed E-state index contributed by atoms with van der Waals surface area (Å²) in [6.45, 7) is 6.99. The molecule has 1 aliphatic heterocycles. The molecule has 2 aromatic rings. The van der Waals surface area contributed by atoms with Crippen LogP contribution in [0.4, 0.5) is 11.4 Å². The van der Waals surface area contributed by atoms with E-state index in [0.29, 0.717) is 6.42 Å². The first-order valence-electron chi connectivity index (χ1n) is 9.78. The van der Waals surface area contributed by atoms with E-state index in [1.807, 2.05) is 60.4 Å². The molecule has 1 fully saturated rings. The lowest BCUT2D eigenvalue weighted by Gasteiger charge is -2.23. The highest BCUT2D eigenvalue weighted by Gasteiger charge is 2.26. The summed E-state index contributed by atoms with van der Waals surface area (Å²) >= 11 is 0. The van der Waals surface area contributed by atoms with Crippen molar-refractivity contribution in [2.24, 2.45) is 5.92 Å². The SMILES string of the molecule is CC[C@H](C)[C@@H](C(=O)Nc1ccc(N2CCCC2=O)c(C)c1)c1ccccc1. The van der Waals surface area contributed by atoms with Gasteiger partial charge in [-0.25, -0.2) is 0 Å². The third-order valence-corrected chi connectivity index (χ3v) is 5.48. The summed E-state index contributed by atoms with van der Waals surface area (Å²) in [5.41, 5.74) is 3.76. The zero-order valence-electron chi connectivity index (χ0n) is 16.4. The van der Waals surface area contributed by atoms with Gasteiger partial charge in [0.15, 0.2) is 0 Å². The minimum absolute atomic E-state index is 0.0138. The van der Waals surface area contributed by atoms with Gasteiger partial charge in [-0.05, 0) is 48.6 Å². The van der Waals surface area contributed by atoms with Crippen LogP contribution in [0.15, 0.2) is 48.5 Å². The van der Waals surface area contributed by atoms with Gasteiger partial charge < -0.3 is 10.2 Å². The van der Waals surface area contributed by atoms with E-state index >= 15 is 0 Å². The van der Waals surface area contributed by atoms with Crippen LogP contribution in [0.25, 0.3) is 0 Å². The Labute approximate surface area is 161 Å². The molecular formula is C23H28N2O2. The fourth-order valence-corrected chi connectivity index (χ4v) is 3.79. The van der Waals surface area contributed by atoms with Crippen LogP contribution in [0, 0.1) is 12.8 Å². The van der Waals surface area contributed by atoms with Crippen molar-refractivity contribution in [1.82, 2.24) is 0 Å². The van der Waals surface area contributed by atoms with Crippen LogP contribution in [0.5, 0.6) is 0 Å². The molecule has 1 aliphatic rings. The number of nitrogens with one attached hydrogen (secondary N) is 1. The summed E-state index contributed by atoms with van der Waals surface area (Å²) in [4.78, 5) is 26.9. The molecule has 1 saturated heterocycles. The van der Waals surface area contributed by atoms with Crippen molar-refractivity contribution < 1.29 is 9.59 Å². The summed E-state index contributed by atoms with van der Waals surface area (Å²) < 4.78 is 0. The third kappa shape index (κ3) is 4.21. The third-order valence-electron chi connectivity index (χ3n) is 5.48. The van der Waals surface area contributed by atoms with Gasteiger partial charge in [-0.15, -0.1) is 0 Å². The van der Waals surface area contributed by atoms with Crippen molar-refractivity contribution >= 4 is 23.2 Å². The molecule has 0 saturated carbocycles. The van der Waals surface area contributed by atoms with Gasteiger partial charge in [0.25, 0.3) is 0 Å². The maximum absolute atomic E-state index is 13.0. The fraction of sp³-hybridized carbons (Fsp3) is 0.391. The van der Waals surface area contributed by atoms with E-state index in [1.54, 1.807) is 0 Å². The smallest absolute Gasteiger partial charge is 0.232 e. The number of carbonyl (C=O) groups excluding carboxylic acids is 2. The quantitative estimate of drug-likeness (QED) is 0.793. The van der Waals surface area contributed by atoms with Gasteiger partial charge in [0, 0.05) is 24.3 Å². The van der Waals surface area contributed by atoms with Crippen molar-refractivity contribution in [3.63, 3.8) is 0 Å². The lowest BCUT2D eigenvalue weighted by molar-refractivity contribution is -0.119. The van der Waals surface area contributed by atoms with E-state index in [9.17, 15) is 9.59 Å². The molecule has 1 N–H and O–H groups in total. The highest BCUT2D eigenvalue weighted by atomic mass is 16.2. The lowest BCUT2D eigenvalue weighted by atomic mass is 9.85. The Bertz CT molecular complexity index is 816. The van der Waals surface area contributed by atoms with Crippen molar-refractivity contribution in [3.8, 4) is 0 Å². The Morgan fingerprint density at radius 1 is 1.19 bits per heavy atom. The topological polar surface area (TPSA) is 49.4 Å². The number of aryl methyl sites for hydroxylation is 1. The molecule has 2 atom stereocenters. The number of amides is 2. The molecule has 1 heterocycles. The summed E-state index contributed by atoms with van der Waals surface area (Å²) in [5.74, 6) is 0.252. The van der Waals surface area contributed by atoms with Gasteiger partial charge in [-0.2, -0.15) is 0 Å². The molecule has 3 rings (SSSR count). The first kappa shape index (κ1) is 19.2. The Kier molecular flexibility index (Phi) is 5.94. The summed E-state index contributed by atoms with van der Waals surface area (Å²) in [6.07, 6.45) is 2.46. The van der Waals surface area contributed by atoms with Crippen LogP contribution >= 0.6 is 0 Å². The molecule has 0 bridgehead atoms. The van der Waals surface area contributed by atoms with Gasteiger partial charge in [-0.1, -0.05) is 50.6 Å². The number of benzene rings is 2. The number of carbonyl (C=O) groups is 2. The van der Waals surface area contributed by atoms with Crippen LogP contribution < -0.4 is 10.2 Å². The molecule has 2 aromatic carbocycles. The van der Waals surface area contributed by atoms with Crippen molar-refractivity contribution in [3.05, 3.63) is 59.7 Å². The van der Waals surface area contributed by atoms with E-state index in [-0.39, 0.29) is 23.7 Å². The monoisotopic (exact) mass is 364 g/mol. The zero-order chi connectivity index (χ0) is 19.4. The minimum atomic E-state index is -0.184. The van der Waals surface area contributed by atoms with Gasteiger partial charge in [0.2, 0.25) is 11.8 Å². The number of anilines is 2. The average molecular weight is 364 g/mol. The maximum Gasteiger partial charge on any atom is 0.232 e. The van der Waals surface area contributed by atoms with E-state index < -0.39 is 0 Å². The fourth-order valence-electron chi connectivity index (χ4n) is 3.79. The summed E-state index contributed by atoms with van der Waals surface area (Å²) in [6, 6.07) is 15.7. The Morgan fingerprint density at radius 3 is 2.52 bits per heavy atom. The van der Waals surface area contributed by atoms with Gasteiger partial charge >= 0.3 is 0 Å². The average Bonchev–Trinajstić information content (AvgIpc) is 3.08. The normalized spacial score (nSPS) is 16.3. The number of rotatable bonds is 6. The largest absolute Gasteiger partial charge is 0.326 e. The highest BCUT2D eigenvalue weighted by molar-refractivity contribution is 5.98. The van der Waals surface area contributed by atoms with E-state index in [1.165, 1.54) is 0 Å². The van der Waals surface area contributed by atoms with Gasteiger partial charge in [0.1, 0.15) is 0 Å². The van der Waals surface area contributed by atoms with Crippen LogP contribution in [-0.2, 0) is 9.59 Å². The molecule has 0 radical (unpaired) electrons. The van der Waals surface area contributed by atoms with Gasteiger partial charge in [-0.3, -0.25) is 9.59 Å². The number of hydrogen-bond donors (Lipinski definition) is 1. The molecule has 0 spiro atoms. The molecular weight excluding hydrogens is 336 g/mol. The molecule has 0 aliphatic carbocycles. The Balaban J connectivity index is 1.79.